The molecule has 25 heavy (non-hydrogen) atoms. The number of piperidine rings is 1. The topological polar surface area (TPSA) is 111 Å². The lowest BCUT2D eigenvalue weighted by Crippen LogP contribution is -2.38. The van der Waals surface area contributed by atoms with E-state index in [0.717, 1.165) is 30.5 Å². The molecule has 3 heterocycles. The minimum atomic E-state index is -2.60. The van der Waals surface area contributed by atoms with Crippen LogP contribution in [-0.4, -0.2) is 49.2 Å². The Morgan fingerprint density at radius 1 is 1.52 bits per heavy atom. The molecule has 1 atom stereocenters. The summed E-state index contributed by atoms with van der Waals surface area (Å²) in [7, 11) is -2.60. The Labute approximate surface area is 151 Å². The maximum absolute atomic E-state index is 11.8. The van der Waals surface area contributed by atoms with E-state index in [0.29, 0.717) is 29.8 Å². The molecule has 0 amide bonds. The van der Waals surface area contributed by atoms with Gasteiger partial charge >= 0.3 is 0 Å². The van der Waals surface area contributed by atoms with Crippen molar-refractivity contribution in [3.05, 3.63) is 17.4 Å². The molecule has 1 saturated heterocycles. The van der Waals surface area contributed by atoms with Gasteiger partial charge in [0.25, 0.3) is 0 Å². The van der Waals surface area contributed by atoms with E-state index in [-0.39, 0.29) is 6.54 Å². The number of halogens is 1. The van der Waals surface area contributed by atoms with Crippen LogP contribution in [0.25, 0.3) is 11.0 Å². The molecule has 0 saturated carbocycles. The molecule has 0 spiro atoms. The predicted octanol–water partition coefficient (Wildman–Crippen LogP) is 2.32. The molecule has 0 unspecified atom stereocenters. The third kappa shape index (κ3) is 3.86. The van der Waals surface area contributed by atoms with Gasteiger partial charge in [0, 0.05) is 37.8 Å². The molecule has 134 valence electrons. The zero-order chi connectivity index (χ0) is 18.0. The van der Waals surface area contributed by atoms with Gasteiger partial charge in [0.15, 0.2) is 10.8 Å². The number of hydrogen-bond acceptors (Lipinski definition) is 6. The third-order valence-corrected chi connectivity index (χ3v) is 6.07. The number of aromatic nitrogens is 3. The first-order valence-corrected chi connectivity index (χ1v) is 10.3. The largest absolute Gasteiger partial charge is 0.384 e. The van der Waals surface area contributed by atoms with Gasteiger partial charge < -0.3 is 5.32 Å². The van der Waals surface area contributed by atoms with Gasteiger partial charge in [-0.05, 0) is 24.8 Å². The van der Waals surface area contributed by atoms with E-state index in [2.05, 4.69) is 15.4 Å². The average Bonchev–Trinajstić information content (AvgIpc) is 2.90. The van der Waals surface area contributed by atoms with E-state index in [1.807, 2.05) is 12.1 Å². The molecule has 8 nitrogen and oxygen atoms in total. The van der Waals surface area contributed by atoms with Gasteiger partial charge in [-0.3, -0.25) is 0 Å². The summed E-state index contributed by atoms with van der Waals surface area (Å²) >= 11 is 6.23. The monoisotopic (exact) mass is 381 g/mol. The molecule has 0 bridgehead atoms. The molecule has 2 aromatic heterocycles. The van der Waals surface area contributed by atoms with Crippen molar-refractivity contribution in [3.63, 3.8) is 0 Å². The van der Waals surface area contributed by atoms with Crippen LogP contribution in [0.1, 0.15) is 12.8 Å². The summed E-state index contributed by atoms with van der Waals surface area (Å²) in [6.07, 6.45) is 4.93. The van der Waals surface area contributed by atoms with Gasteiger partial charge in [-0.25, -0.2) is 23.0 Å². The van der Waals surface area contributed by atoms with Crippen LogP contribution < -0.4 is 5.32 Å². The number of hydrogen-bond donors (Lipinski definition) is 2. The fraction of sp³-hybridized carbons (Fsp3) is 0.533. The Bertz CT molecular complexity index is 910. The Hall–Kier alpha value is -1.89. The van der Waals surface area contributed by atoms with Crippen LogP contribution in [0.2, 0.25) is 5.15 Å². The van der Waals surface area contributed by atoms with Gasteiger partial charge in [-0.2, -0.15) is 10.4 Å². The summed E-state index contributed by atoms with van der Waals surface area (Å²) in [4.78, 5) is 4.28. The molecule has 1 fully saturated rings. The standard InChI is InChI=1S/C15H20ClN7OS/c1-25(18,24)22-7-3-11(4-8-22)10-20-12-2-6-19-15-13(12)14(16)21-23(15)9-5-17/h2,6,11,18H,3-4,7-10H2,1H3,(H,19,20)/t25-/m1/s1. The van der Waals surface area contributed by atoms with Crippen LogP contribution in [0, 0.1) is 22.0 Å². The van der Waals surface area contributed by atoms with E-state index >= 15 is 0 Å². The molecular weight excluding hydrogens is 362 g/mol. The second kappa shape index (κ2) is 7.15. The second-order valence-corrected chi connectivity index (χ2v) is 8.70. The van der Waals surface area contributed by atoms with E-state index in [1.54, 1.807) is 10.5 Å². The van der Waals surface area contributed by atoms with E-state index in [4.69, 9.17) is 21.6 Å². The van der Waals surface area contributed by atoms with Gasteiger partial charge in [0.2, 0.25) is 0 Å². The van der Waals surface area contributed by atoms with Crippen LogP contribution in [0.3, 0.4) is 0 Å². The van der Waals surface area contributed by atoms with E-state index in [9.17, 15) is 4.21 Å². The van der Waals surface area contributed by atoms with Crippen molar-refractivity contribution in [2.45, 2.75) is 19.4 Å². The van der Waals surface area contributed by atoms with E-state index < -0.39 is 9.92 Å². The normalized spacial score (nSPS) is 18.8. The smallest absolute Gasteiger partial charge is 0.162 e. The quantitative estimate of drug-likeness (QED) is 0.825. The van der Waals surface area contributed by atoms with Crippen LogP contribution in [0.15, 0.2) is 12.3 Å². The first-order chi connectivity index (χ1) is 11.9. The van der Waals surface area contributed by atoms with Gasteiger partial charge in [0.1, 0.15) is 16.5 Å². The van der Waals surface area contributed by atoms with Crippen molar-refractivity contribution in [2.24, 2.45) is 5.92 Å². The first-order valence-electron chi connectivity index (χ1n) is 8.01. The zero-order valence-electron chi connectivity index (χ0n) is 13.9. The SMILES string of the molecule is C[S@](=N)(=O)N1CCC(CNc2ccnc3c2c(Cl)nn3CC#N)CC1. The van der Waals surface area contributed by atoms with Crippen LogP contribution in [-0.2, 0) is 16.5 Å². The first kappa shape index (κ1) is 17.9. The number of fused-ring (bicyclic) bond motifs is 1. The maximum Gasteiger partial charge on any atom is 0.162 e. The van der Waals surface area contributed by atoms with Crippen LogP contribution in [0.4, 0.5) is 5.69 Å². The number of anilines is 1. The summed E-state index contributed by atoms with van der Waals surface area (Å²) in [5, 5.41) is 17.5. The zero-order valence-corrected chi connectivity index (χ0v) is 15.5. The van der Waals surface area contributed by atoms with Crippen LogP contribution >= 0.6 is 11.6 Å². The number of nitriles is 1. The highest BCUT2D eigenvalue weighted by Gasteiger charge is 2.23. The Morgan fingerprint density at radius 3 is 2.88 bits per heavy atom. The molecule has 0 aromatic carbocycles. The summed E-state index contributed by atoms with van der Waals surface area (Å²) in [6.45, 7) is 2.22. The van der Waals surface area contributed by atoms with Gasteiger partial charge in [-0.15, -0.1) is 0 Å². The molecule has 1 aliphatic heterocycles. The van der Waals surface area contributed by atoms with Gasteiger partial charge in [-0.1, -0.05) is 11.6 Å². The molecular formula is C15H20ClN7OS. The van der Waals surface area contributed by atoms with Crippen molar-refractivity contribution in [1.82, 2.24) is 19.1 Å². The molecule has 2 aromatic rings. The van der Waals surface area contributed by atoms with Crippen molar-refractivity contribution >= 4 is 38.2 Å². The van der Waals surface area contributed by atoms with Crippen molar-refractivity contribution in [2.75, 3.05) is 31.2 Å². The molecule has 0 radical (unpaired) electrons. The Kier molecular flexibility index (Phi) is 5.13. The summed E-state index contributed by atoms with van der Waals surface area (Å²) < 4.78 is 22.7. The average molecular weight is 382 g/mol. The third-order valence-electron chi connectivity index (χ3n) is 4.46. The fourth-order valence-electron chi connectivity index (χ4n) is 3.09. The Balaban J connectivity index is 1.69. The minimum absolute atomic E-state index is 0.0988. The molecule has 2 N–H and O–H groups in total. The fourth-order valence-corrected chi connectivity index (χ4v) is 4.28. The predicted molar refractivity (Wildman–Crippen MR) is 97.7 cm³/mol. The molecule has 1 aliphatic rings. The summed E-state index contributed by atoms with van der Waals surface area (Å²) in [6, 6.07) is 3.90. The Morgan fingerprint density at radius 2 is 2.24 bits per heavy atom. The highest BCUT2D eigenvalue weighted by Crippen LogP contribution is 2.29. The van der Waals surface area contributed by atoms with Crippen molar-refractivity contribution in [3.8, 4) is 6.07 Å². The minimum Gasteiger partial charge on any atom is -0.384 e. The number of pyridine rings is 1. The summed E-state index contributed by atoms with van der Waals surface area (Å²) in [5.41, 5.74) is 1.44. The molecule has 0 aliphatic carbocycles. The number of rotatable bonds is 5. The molecule has 3 rings (SSSR count). The van der Waals surface area contributed by atoms with Crippen molar-refractivity contribution in [1.29, 1.82) is 10.0 Å². The highest BCUT2D eigenvalue weighted by atomic mass is 35.5. The van der Waals surface area contributed by atoms with Crippen LogP contribution in [0.5, 0.6) is 0 Å². The number of nitrogens with zero attached hydrogens (tertiary/aromatic N) is 5. The van der Waals surface area contributed by atoms with Gasteiger partial charge in [0.05, 0.1) is 11.5 Å². The van der Waals surface area contributed by atoms with E-state index in [1.165, 1.54) is 10.9 Å². The summed E-state index contributed by atoms with van der Waals surface area (Å²) in [5.74, 6) is 0.439. The lowest BCUT2D eigenvalue weighted by Gasteiger charge is -2.31. The maximum atomic E-state index is 11.8. The lowest BCUT2D eigenvalue weighted by atomic mass is 9.98. The lowest BCUT2D eigenvalue weighted by molar-refractivity contribution is 0.291. The highest BCUT2D eigenvalue weighted by molar-refractivity contribution is 7.89. The second-order valence-electron chi connectivity index (χ2n) is 6.22. The molecule has 10 heteroatoms. The van der Waals surface area contributed by atoms with Crippen molar-refractivity contribution < 1.29 is 4.21 Å². The number of nitrogens with one attached hydrogen (secondary N) is 2.